The van der Waals surface area contributed by atoms with Crippen LogP contribution in [0, 0.1) is 0 Å². The van der Waals surface area contributed by atoms with Crippen LogP contribution in [0.3, 0.4) is 0 Å². The van der Waals surface area contributed by atoms with Gasteiger partial charge in [-0.1, -0.05) is 40.5 Å². The number of cyclic esters (lactones) is 1. The summed E-state index contributed by atoms with van der Waals surface area (Å²) in [5.41, 5.74) is 2.08. The van der Waals surface area contributed by atoms with E-state index >= 15 is 0 Å². The van der Waals surface area contributed by atoms with E-state index in [2.05, 4.69) is 27.7 Å². The van der Waals surface area contributed by atoms with Crippen LogP contribution in [-0.4, -0.2) is 24.6 Å². The normalized spacial score (nSPS) is 18.7. The standard InChI is InChI=1S/C20H32O4/c1-6-10-12-15-16(14-18(21)23-5)19(22)24-20(8-3,9-4)17(15)13-11-7-2/h14H,6-13H2,1-5H3/b16-14-. The third-order valence-corrected chi connectivity index (χ3v) is 4.91. The fourth-order valence-corrected chi connectivity index (χ4v) is 3.37. The summed E-state index contributed by atoms with van der Waals surface area (Å²) in [7, 11) is 1.32. The molecule has 0 amide bonds. The van der Waals surface area contributed by atoms with E-state index in [1.54, 1.807) is 0 Å². The SMILES string of the molecule is CCCCC1=C(CCCC)C(CC)(CC)OC(=O)/C1=C\C(=O)OC. The van der Waals surface area contributed by atoms with Gasteiger partial charge >= 0.3 is 11.9 Å². The molecular formula is C20H32O4. The van der Waals surface area contributed by atoms with E-state index < -0.39 is 17.5 Å². The quantitative estimate of drug-likeness (QED) is 0.445. The molecule has 24 heavy (non-hydrogen) atoms. The Labute approximate surface area is 146 Å². The molecule has 0 fully saturated rings. The van der Waals surface area contributed by atoms with Crippen molar-refractivity contribution in [2.75, 3.05) is 7.11 Å². The van der Waals surface area contributed by atoms with E-state index in [4.69, 9.17) is 9.47 Å². The molecule has 4 nitrogen and oxygen atoms in total. The van der Waals surface area contributed by atoms with Gasteiger partial charge in [-0.15, -0.1) is 0 Å². The number of esters is 2. The highest BCUT2D eigenvalue weighted by Crippen LogP contribution is 2.43. The first-order valence-electron chi connectivity index (χ1n) is 9.25. The van der Waals surface area contributed by atoms with Crippen molar-refractivity contribution in [3.63, 3.8) is 0 Å². The van der Waals surface area contributed by atoms with Gasteiger partial charge in [-0.2, -0.15) is 0 Å². The van der Waals surface area contributed by atoms with Crippen molar-refractivity contribution < 1.29 is 19.1 Å². The molecule has 0 aliphatic carbocycles. The van der Waals surface area contributed by atoms with Gasteiger partial charge in [-0.3, -0.25) is 0 Å². The number of carbonyl (C=O) groups excluding carboxylic acids is 2. The third kappa shape index (κ3) is 4.49. The van der Waals surface area contributed by atoms with E-state index in [1.807, 2.05) is 0 Å². The topological polar surface area (TPSA) is 52.6 Å². The van der Waals surface area contributed by atoms with E-state index in [9.17, 15) is 9.59 Å². The molecule has 0 unspecified atom stereocenters. The summed E-state index contributed by atoms with van der Waals surface area (Å²) in [6.07, 6.45) is 8.68. The molecule has 0 atom stereocenters. The summed E-state index contributed by atoms with van der Waals surface area (Å²) in [6, 6.07) is 0. The van der Waals surface area contributed by atoms with Gasteiger partial charge in [-0.25, -0.2) is 9.59 Å². The predicted octanol–water partition coefficient (Wildman–Crippen LogP) is 4.88. The summed E-state index contributed by atoms with van der Waals surface area (Å²) in [4.78, 5) is 24.4. The Morgan fingerprint density at radius 1 is 1.08 bits per heavy atom. The van der Waals surface area contributed by atoms with Crippen molar-refractivity contribution in [3.8, 4) is 0 Å². The Hall–Kier alpha value is -1.58. The van der Waals surface area contributed by atoms with Crippen LogP contribution in [0.15, 0.2) is 22.8 Å². The third-order valence-electron chi connectivity index (χ3n) is 4.91. The second kappa shape index (κ2) is 9.65. The average Bonchev–Trinajstić information content (AvgIpc) is 2.60. The van der Waals surface area contributed by atoms with Gasteiger partial charge in [0, 0.05) is 6.08 Å². The second-order valence-electron chi connectivity index (χ2n) is 6.34. The van der Waals surface area contributed by atoms with Crippen molar-refractivity contribution in [1.82, 2.24) is 0 Å². The first-order valence-corrected chi connectivity index (χ1v) is 9.25. The highest BCUT2D eigenvalue weighted by molar-refractivity contribution is 6.01. The minimum absolute atomic E-state index is 0.388. The van der Waals surface area contributed by atoms with Crippen molar-refractivity contribution in [3.05, 3.63) is 22.8 Å². The molecule has 0 spiro atoms. The van der Waals surface area contributed by atoms with Gasteiger partial charge in [-0.05, 0) is 49.7 Å². The van der Waals surface area contributed by atoms with Gasteiger partial charge in [0.2, 0.25) is 0 Å². The lowest BCUT2D eigenvalue weighted by molar-refractivity contribution is -0.154. The van der Waals surface area contributed by atoms with Crippen LogP contribution >= 0.6 is 0 Å². The fourth-order valence-electron chi connectivity index (χ4n) is 3.37. The van der Waals surface area contributed by atoms with Crippen LogP contribution in [0.2, 0.25) is 0 Å². The van der Waals surface area contributed by atoms with Crippen molar-refractivity contribution in [1.29, 1.82) is 0 Å². The van der Waals surface area contributed by atoms with E-state index in [-0.39, 0.29) is 0 Å². The molecule has 0 saturated heterocycles. The molecule has 0 bridgehead atoms. The predicted molar refractivity (Wildman–Crippen MR) is 95.6 cm³/mol. The van der Waals surface area contributed by atoms with Gasteiger partial charge in [0.25, 0.3) is 0 Å². The molecule has 0 N–H and O–H groups in total. The summed E-state index contributed by atoms with van der Waals surface area (Å²) in [5, 5.41) is 0. The highest BCUT2D eigenvalue weighted by Gasteiger charge is 2.42. The first kappa shape index (κ1) is 20.5. The van der Waals surface area contributed by atoms with Crippen molar-refractivity contribution >= 4 is 11.9 Å². The number of hydrogen-bond donors (Lipinski definition) is 0. The zero-order valence-corrected chi connectivity index (χ0v) is 15.9. The molecule has 4 heteroatoms. The molecule has 0 aromatic carbocycles. The van der Waals surface area contributed by atoms with Gasteiger partial charge in [0.1, 0.15) is 5.60 Å². The number of carbonyl (C=O) groups is 2. The maximum absolute atomic E-state index is 12.6. The fraction of sp³-hybridized carbons (Fsp3) is 0.700. The average molecular weight is 336 g/mol. The Balaban J connectivity index is 3.51. The van der Waals surface area contributed by atoms with E-state index in [1.165, 1.54) is 18.8 Å². The van der Waals surface area contributed by atoms with E-state index in [0.717, 1.165) is 56.9 Å². The smallest absolute Gasteiger partial charge is 0.339 e. The minimum Gasteiger partial charge on any atom is -0.466 e. The van der Waals surface area contributed by atoms with Crippen LogP contribution in [0.4, 0.5) is 0 Å². The minimum atomic E-state index is -0.525. The lowest BCUT2D eigenvalue weighted by Gasteiger charge is -2.40. The molecule has 0 aromatic heterocycles. The van der Waals surface area contributed by atoms with Crippen molar-refractivity contribution in [2.45, 2.75) is 84.7 Å². The van der Waals surface area contributed by atoms with Gasteiger partial charge in [0.05, 0.1) is 12.7 Å². The lowest BCUT2D eigenvalue weighted by atomic mass is 9.76. The lowest BCUT2D eigenvalue weighted by Crippen LogP contribution is -2.41. The summed E-state index contributed by atoms with van der Waals surface area (Å²) >= 11 is 0. The number of hydrogen-bond acceptors (Lipinski definition) is 4. The summed E-state index contributed by atoms with van der Waals surface area (Å²) < 4.78 is 10.6. The molecule has 1 aliphatic rings. The van der Waals surface area contributed by atoms with Crippen molar-refractivity contribution in [2.24, 2.45) is 0 Å². The molecule has 0 radical (unpaired) electrons. The maximum Gasteiger partial charge on any atom is 0.339 e. The highest BCUT2D eigenvalue weighted by atomic mass is 16.6. The first-order chi connectivity index (χ1) is 11.5. The molecule has 1 aliphatic heterocycles. The van der Waals surface area contributed by atoms with Crippen LogP contribution < -0.4 is 0 Å². The van der Waals surface area contributed by atoms with Crippen LogP contribution in [0.5, 0.6) is 0 Å². The van der Waals surface area contributed by atoms with Gasteiger partial charge < -0.3 is 9.47 Å². The van der Waals surface area contributed by atoms with Crippen LogP contribution in [-0.2, 0) is 19.1 Å². The number of unbranched alkanes of at least 4 members (excludes halogenated alkanes) is 2. The Kier molecular flexibility index (Phi) is 8.23. The molecule has 1 rings (SSSR count). The summed E-state index contributed by atoms with van der Waals surface area (Å²) in [5.74, 6) is -0.901. The number of methoxy groups -OCH3 is 1. The Morgan fingerprint density at radius 2 is 1.67 bits per heavy atom. The maximum atomic E-state index is 12.6. The Bertz CT molecular complexity index is 510. The molecule has 0 aromatic rings. The van der Waals surface area contributed by atoms with Crippen LogP contribution in [0.1, 0.15) is 79.1 Å². The van der Waals surface area contributed by atoms with Gasteiger partial charge in [0.15, 0.2) is 0 Å². The molecule has 0 saturated carbocycles. The molecular weight excluding hydrogens is 304 g/mol. The number of rotatable bonds is 9. The largest absolute Gasteiger partial charge is 0.466 e. The Morgan fingerprint density at radius 3 is 2.17 bits per heavy atom. The second-order valence-corrected chi connectivity index (χ2v) is 6.34. The monoisotopic (exact) mass is 336 g/mol. The summed E-state index contributed by atoms with van der Waals surface area (Å²) in [6.45, 7) is 8.42. The number of ether oxygens (including phenoxy) is 2. The zero-order valence-electron chi connectivity index (χ0n) is 15.9. The van der Waals surface area contributed by atoms with E-state index in [0.29, 0.717) is 5.57 Å². The van der Waals surface area contributed by atoms with Crippen LogP contribution in [0.25, 0.3) is 0 Å². The zero-order chi connectivity index (χ0) is 18.2. The molecule has 1 heterocycles. The molecule has 136 valence electrons.